The Balaban J connectivity index is 1.54. The predicted molar refractivity (Wildman–Crippen MR) is 118 cm³/mol. The van der Waals surface area contributed by atoms with Crippen LogP contribution >= 0.6 is 0 Å². The van der Waals surface area contributed by atoms with E-state index >= 15 is 0 Å². The quantitative estimate of drug-likeness (QED) is 0.301. The molecule has 0 bridgehead atoms. The molecular weight excluding hydrogens is 410 g/mol. The van der Waals surface area contributed by atoms with E-state index in [4.69, 9.17) is 18.6 Å². The Hall–Kier alpha value is -4.39. The van der Waals surface area contributed by atoms with Crippen LogP contribution in [0.2, 0.25) is 0 Å². The summed E-state index contributed by atoms with van der Waals surface area (Å²) in [5.41, 5.74) is 1.75. The van der Waals surface area contributed by atoms with Crippen molar-refractivity contribution in [2.45, 2.75) is 6.92 Å². The molecule has 0 N–H and O–H groups in total. The number of rotatable bonds is 7. The molecule has 0 unspecified atom stereocenters. The summed E-state index contributed by atoms with van der Waals surface area (Å²) in [6, 6.07) is 17.6. The minimum Gasteiger partial charge on any atom is -0.490 e. The Morgan fingerprint density at radius 3 is 2.59 bits per heavy atom. The lowest BCUT2D eigenvalue weighted by atomic mass is 10.1. The van der Waals surface area contributed by atoms with Gasteiger partial charge >= 0.3 is 11.9 Å². The third-order valence-corrected chi connectivity index (χ3v) is 4.35. The van der Waals surface area contributed by atoms with Crippen molar-refractivity contribution in [3.8, 4) is 11.5 Å². The fourth-order valence-electron chi connectivity index (χ4n) is 2.90. The van der Waals surface area contributed by atoms with Crippen LogP contribution in [0.4, 0.5) is 0 Å². The van der Waals surface area contributed by atoms with Gasteiger partial charge in [-0.05, 0) is 54.5 Å². The van der Waals surface area contributed by atoms with Gasteiger partial charge in [-0.3, -0.25) is 0 Å². The standard InChI is InChI=1S/C25H19NO6/c1-2-29-22-16-18(10-12-20(22)31-25(28)21-9-6-14-30-21)15-19-24(27)32-23(26-19)13-11-17-7-4-3-5-8-17/h3-16H,2H2,1H3/b13-11+,19-15+. The maximum Gasteiger partial charge on any atom is 0.379 e. The van der Waals surface area contributed by atoms with Gasteiger partial charge in [-0.1, -0.05) is 36.4 Å². The number of aliphatic imine (C=N–C) groups is 1. The van der Waals surface area contributed by atoms with E-state index in [2.05, 4.69) is 4.99 Å². The Morgan fingerprint density at radius 1 is 1.00 bits per heavy atom. The van der Waals surface area contributed by atoms with Crippen LogP contribution < -0.4 is 9.47 Å². The molecule has 0 saturated heterocycles. The highest BCUT2D eigenvalue weighted by atomic mass is 16.6. The number of carbonyl (C=O) groups excluding carboxylic acids is 2. The first-order chi connectivity index (χ1) is 15.6. The minimum atomic E-state index is -0.638. The van der Waals surface area contributed by atoms with Gasteiger partial charge in [-0.25, -0.2) is 14.6 Å². The van der Waals surface area contributed by atoms with Crippen molar-refractivity contribution in [2.75, 3.05) is 6.61 Å². The van der Waals surface area contributed by atoms with Gasteiger partial charge in [0.2, 0.25) is 11.7 Å². The number of esters is 2. The topological polar surface area (TPSA) is 87.3 Å². The molecule has 0 aliphatic carbocycles. The molecule has 0 radical (unpaired) electrons. The summed E-state index contributed by atoms with van der Waals surface area (Å²) in [4.78, 5) is 28.6. The average Bonchev–Trinajstić information content (AvgIpc) is 3.45. The van der Waals surface area contributed by atoms with E-state index in [0.29, 0.717) is 17.9 Å². The summed E-state index contributed by atoms with van der Waals surface area (Å²) in [6.45, 7) is 2.17. The number of furan rings is 1. The normalized spacial score (nSPS) is 14.5. The number of hydrogen-bond acceptors (Lipinski definition) is 7. The highest BCUT2D eigenvalue weighted by molar-refractivity contribution is 6.11. The van der Waals surface area contributed by atoms with Crippen LogP contribution in [0.5, 0.6) is 11.5 Å². The molecule has 1 aromatic heterocycles. The van der Waals surface area contributed by atoms with E-state index in [1.54, 1.807) is 36.4 Å². The zero-order valence-corrected chi connectivity index (χ0v) is 17.2. The SMILES string of the molecule is CCOc1cc(/C=C2N=C(/C=C/c3ccccc3)OC/2=O)ccc1OC(=O)c1ccco1. The monoisotopic (exact) mass is 429 g/mol. The molecular formula is C25H19NO6. The van der Waals surface area contributed by atoms with Crippen LogP contribution in [0, 0.1) is 0 Å². The van der Waals surface area contributed by atoms with Crippen LogP contribution in [-0.4, -0.2) is 24.4 Å². The minimum absolute atomic E-state index is 0.0813. The first-order valence-corrected chi connectivity index (χ1v) is 9.90. The Morgan fingerprint density at radius 2 is 1.84 bits per heavy atom. The summed E-state index contributed by atoms with van der Waals surface area (Å²) >= 11 is 0. The van der Waals surface area contributed by atoms with E-state index < -0.39 is 11.9 Å². The lowest BCUT2D eigenvalue weighted by Crippen LogP contribution is -2.08. The molecule has 2 heterocycles. The number of nitrogens with zero attached hydrogens (tertiary/aromatic N) is 1. The van der Waals surface area contributed by atoms with Gasteiger partial charge in [-0.15, -0.1) is 0 Å². The molecule has 160 valence electrons. The molecule has 0 atom stereocenters. The summed E-state index contributed by atoms with van der Waals surface area (Å²) in [5, 5.41) is 0. The van der Waals surface area contributed by atoms with Gasteiger partial charge in [0.05, 0.1) is 12.9 Å². The van der Waals surface area contributed by atoms with Crippen LogP contribution in [0.15, 0.2) is 88.1 Å². The van der Waals surface area contributed by atoms with Crippen LogP contribution in [0.3, 0.4) is 0 Å². The van der Waals surface area contributed by atoms with E-state index in [1.165, 1.54) is 12.3 Å². The highest BCUT2D eigenvalue weighted by Gasteiger charge is 2.22. The van der Waals surface area contributed by atoms with Crippen LogP contribution in [0.1, 0.15) is 28.6 Å². The van der Waals surface area contributed by atoms with E-state index in [-0.39, 0.29) is 23.1 Å². The number of hydrogen-bond donors (Lipinski definition) is 0. The van der Waals surface area contributed by atoms with Crippen LogP contribution in [0.25, 0.3) is 12.2 Å². The Bertz CT molecular complexity index is 1210. The lowest BCUT2D eigenvalue weighted by molar-refractivity contribution is -0.129. The molecule has 2 aromatic carbocycles. The van der Waals surface area contributed by atoms with E-state index in [9.17, 15) is 9.59 Å². The van der Waals surface area contributed by atoms with Gasteiger partial charge in [0.25, 0.3) is 0 Å². The second-order valence-electron chi connectivity index (χ2n) is 6.62. The zero-order valence-electron chi connectivity index (χ0n) is 17.2. The second kappa shape index (κ2) is 9.61. The Labute approximate surface area is 184 Å². The van der Waals surface area contributed by atoms with Crippen LogP contribution in [-0.2, 0) is 9.53 Å². The summed E-state index contributed by atoms with van der Waals surface area (Å²) < 4.78 is 21.2. The van der Waals surface area contributed by atoms with Crippen molar-refractivity contribution >= 4 is 30.0 Å². The van der Waals surface area contributed by atoms with Crippen molar-refractivity contribution < 1.29 is 28.2 Å². The van der Waals surface area contributed by atoms with Crippen molar-refractivity contribution in [3.05, 3.63) is 95.6 Å². The van der Waals surface area contributed by atoms with Crippen molar-refractivity contribution in [1.29, 1.82) is 0 Å². The number of benzene rings is 2. The molecule has 3 aromatic rings. The smallest absolute Gasteiger partial charge is 0.379 e. The third-order valence-electron chi connectivity index (χ3n) is 4.35. The molecule has 0 fully saturated rings. The summed E-state index contributed by atoms with van der Waals surface area (Å²) in [6.07, 6.45) is 6.41. The third kappa shape index (κ3) is 5.02. The van der Waals surface area contributed by atoms with E-state index in [1.807, 2.05) is 43.3 Å². The molecule has 7 heteroatoms. The molecule has 1 aliphatic heterocycles. The molecule has 0 amide bonds. The van der Waals surface area contributed by atoms with Gasteiger partial charge < -0.3 is 18.6 Å². The van der Waals surface area contributed by atoms with E-state index in [0.717, 1.165) is 5.56 Å². The molecule has 4 rings (SSSR count). The molecule has 7 nitrogen and oxygen atoms in total. The average molecular weight is 429 g/mol. The first-order valence-electron chi connectivity index (χ1n) is 9.90. The lowest BCUT2D eigenvalue weighted by Gasteiger charge is -2.10. The predicted octanol–water partition coefficient (Wildman–Crippen LogP) is 4.91. The summed E-state index contributed by atoms with van der Waals surface area (Å²) in [7, 11) is 0. The molecule has 1 aliphatic rings. The maximum absolute atomic E-state index is 12.2. The van der Waals surface area contributed by atoms with Gasteiger partial charge in [0, 0.05) is 6.08 Å². The fourth-order valence-corrected chi connectivity index (χ4v) is 2.90. The second-order valence-corrected chi connectivity index (χ2v) is 6.62. The Kier molecular flexibility index (Phi) is 6.27. The van der Waals surface area contributed by atoms with Crippen molar-refractivity contribution in [2.24, 2.45) is 4.99 Å². The van der Waals surface area contributed by atoms with Crippen molar-refractivity contribution in [3.63, 3.8) is 0 Å². The largest absolute Gasteiger partial charge is 0.490 e. The van der Waals surface area contributed by atoms with Gasteiger partial charge in [0.15, 0.2) is 17.2 Å². The number of ether oxygens (including phenoxy) is 3. The molecule has 0 spiro atoms. The first kappa shape index (κ1) is 20.9. The zero-order chi connectivity index (χ0) is 22.3. The molecule has 0 saturated carbocycles. The highest BCUT2D eigenvalue weighted by Crippen LogP contribution is 2.30. The van der Waals surface area contributed by atoms with Gasteiger partial charge in [-0.2, -0.15) is 0 Å². The maximum atomic E-state index is 12.2. The molecule has 32 heavy (non-hydrogen) atoms. The number of carbonyl (C=O) groups is 2. The van der Waals surface area contributed by atoms with Crippen molar-refractivity contribution in [1.82, 2.24) is 0 Å². The van der Waals surface area contributed by atoms with Gasteiger partial charge in [0.1, 0.15) is 0 Å². The summed E-state index contributed by atoms with van der Waals surface area (Å²) in [5.74, 6) is -0.317. The fraction of sp³-hybridized carbons (Fsp3) is 0.0800. The number of cyclic esters (lactones) is 1.